The molecule has 0 saturated carbocycles. The molecule has 1 aliphatic rings. The molecule has 0 spiro atoms. The molecule has 78 valence electrons. The first kappa shape index (κ1) is 9.68. The maximum absolute atomic E-state index is 8.80. The highest BCUT2D eigenvalue weighted by molar-refractivity contribution is 5.05. The molecule has 14 heavy (non-hydrogen) atoms. The van der Waals surface area contributed by atoms with Gasteiger partial charge < -0.3 is 14.4 Å². The van der Waals surface area contributed by atoms with Crippen molar-refractivity contribution in [1.29, 1.82) is 0 Å². The van der Waals surface area contributed by atoms with Crippen LogP contribution >= 0.6 is 0 Å². The SMILES string of the molecule is OCc1cc(CC2CCCCO2)on1. The van der Waals surface area contributed by atoms with Crippen molar-refractivity contribution < 1.29 is 14.4 Å². The Morgan fingerprint density at radius 1 is 1.50 bits per heavy atom. The van der Waals surface area contributed by atoms with Gasteiger partial charge in [0.25, 0.3) is 0 Å². The average Bonchev–Trinajstić information content (AvgIpc) is 2.67. The second kappa shape index (κ2) is 4.57. The molecule has 0 radical (unpaired) electrons. The molecular weight excluding hydrogens is 182 g/mol. The topological polar surface area (TPSA) is 55.5 Å². The van der Waals surface area contributed by atoms with Crippen molar-refractivity contribution in [2.24, 2.45) is 0 Å². The van der Waals surface area contributed by atoms with E-state index in [-0.39, 0.29) is 12.7 Å². The van der Waals surface area contributed by atoms with Crippen molar-refractivity contribution in [3.05, 3.63) is 17.5 Å². The molecule has 2 heterocycles. The van der Waals surface area contributed by atoms with Gasteiger partial charge in [-0.1, -0.05) is 5.16 Å². The van der Waals surface area contributed by atoms with Gasteiger partial charge in [0.2, 0.25) is 0 Å². The lowest BCUT2D eigenvalue weighted by Gasteiger charge is -2.21. The minimum Gasteiger partial charge on any atom is -0.390 e. The van der Waals surface area contributed by atoms with Crippen LogP contribution < -0.4 is 0 Å². The predicted octanol–water partition coefficient (Wildman–Crippen LogP) is 1.28. The van der Waals surface area contributed by atoms with Crippen LogP contribution in [0, 0.1) is 0 Å². The molecule has 0 aliphatic carbocycles. The van der Waals surface area contributed by atoms with Gasteiger partial charge in [0.1, 0.15) is 11.5 Å². The maximum atomic E-state index is 8.80. The summed E-state index contributed by atoms with van der Waals surface area (Å²) >= 11 is 0. The Morgan fingerprint density at radius 3 is 3.07 bits per heavy atom. The van der Waals surface area contributed by atoms with Crippen LogP contribution in [0.2, 0.25) is 0 Å². The predicted molar refractivity (Wildman–Crippen MR) is 49.7 cm³/mol. The summed E-state index contributed by atoms with van der Waals surface area (Å²) in [4.78, 5) is 0. The number of aliphatic hydroxyl groups is 1. The zero-order chi connectivity index (χ0) is 9.80. The number of nitrogens with zero attached hydrogens (tertiary/aromatic N) is 1. The Bertz CT molecular complexity index is 279. The first-order valence-corrected chi connectivity index (χ1v) is 5.05. The minimum atomic E-state index is -0.0605. The van der Waals surface area contributed by atoms with E-state index in [0.717, 1.165) is 31.6 Å². The molecule has 1 aromatic heterocycles. The van der Waals surface area contributed by atoms with E-state index in [4.69, 9.17) is 14.4 Å². The number of ether oxygens (including phenoxy) is 1. The summed E-state index contributed by atoms with van der Waals surface area (Å²) in [6, 6.07) is 1.79. The molecule has 4 nitrogen and oxygen atoms in total. The lowest BCUT2D eigenvalue weighted by atomic mass is 10.1. The summed E-state index contributed by atoms with van der Waals surface area (Å²) < 4.78 is 10.6. The van der Waals surface area contributed by atoms with Crippen molar-refractivity contribution in [2.45, 2.75) is 38.4 Å². The Balaban J connectivity index is 1.89. The molecule has 4 heteroatoms. The van der Waals surface area contributed by atoms with Crippen LogP contribution in [0.3, 0.4) is 0 Å². The fraction of sp³-hybridized carbons (Fsp3) is 0.700. The molecule has 0 aromatic carbocycles. The average molecular weight is 197 g/mol. The fourth-order valence-corrected chi connectivity index (χ4v) is 1.72. The summed E-state index contributed by atoms with van der Waals surface area (Å²) in [5.74, 6) is 0.806. The number of rotatable bonds is 3. The van der Waals surface area contributed by atoms with Crippen molar-refractivity contribution in [1.82, 2.24) is 5.16 Å². The number of aliphatic hydroxyl groups excluding tert-OH is 1. The zero-order valence-corrected chi connectivity index (χ0v) is 8.11. The van der Waals surface area contributed by atoms with Crippen LogP contribution in [0.15, 0.2) is 10.6 Å². The standard InChI is InChI=1S/C10H15NO3/c12-7-8-5-10(14-11-8)6-9-3-1-2-4-13-9/h5,9,12H,1-4,6-7H2. The van der Waals surface area contributed by atoms with Crippen LogP contribution in [-0.2, 0) is 17.8 Å². The van der Waals surface area contributed by atoms with Crippen LogP contribution in [0.4, 0.5) is 0 Å². The lowest BCUT2D eigenvalue weighted by molar-refractivity contribution is 0.0131. The third-order valence-corrected chi connectivity index (χ3v) is 2.47. The van der Waals surface area contributed by atoms with Crippen molar-refractivity contribution in [3.8, 4) is 0 Å². The van der Waals surface area contributed by atoms with E-state index >= 15 is 0 Å². The second-order valence-corrected chi connectivity index (χ2v) is 3.64. The normalized spacial score (nSPS) is 22.5. The molecular formula is C10H15NO3. The van der Waals surface area contributed by atoms with E-state index in [2.05, 4.69) is 5.16 Å². The summed E-state index contributed by atoms with van der Waals surface area (Å²) in [7, 11) is 0. The molecule has 1 unspecified atom stereocenters. The third-order valence-electron chi connectivity index (χ3n) is 2.47. The Hall–Kier alpha value is -0.870. The fourth-order valence-electron chi connectivity index (χ4n) is 1.72. The largest absolute Gasteiger partial charge is 0.390 e. The zero-order valence-electron chi connectivity index (χ0n) is 8.11. The van der Waals surface area contributed by atoms with Gasteiger partial charge >= 0.3 is 0 Å². The van der Waals surface area contributed by atoms with Crippen molar-refractivity contribution in [2.75, 3.05) is 6.61 Å². The van der Waals surface area contributed by atoms with Gasteiger partial charge in [0.05, 0.1) is 12.7 Å². The highest BCUT2D eigenvalue weighted by Crippen LogP contribution is 2.17. The Kier molecular flexibility index (Phi) is 3.16. The van der Waals surface area contributed by atoms with Gasteiger partial charge in [0, 0.05) is 19.1 Å². The molecule has 1 atom stereocenters. The summed E-state index contributed by atoms with van der Waals surface area (Å²) in [5.41, 5.74) is 0.593. The van der Waals surface area contributed by atoms with Crippen LogP contribution in [0.5, 0.6) is 0 Å². The monoisotopic (exact) mass is 197 g/mol. The Labute approximate surface area is 82.9 Å². The first-order chi connectivity index (χ1) is 6.88. The number of hydrogen-bond acceptors (Lipinski definition) is 4. The van der Waals surface area contributed by atoms with Gasteiger partial charge in [-0.3, -0.25) is 0 Å². The molecule has 0 bridgehead atoms. The van der Waals surface area contributed by atoms with E-state index in [1.54, 1.807) is 6.07 Å². The van der Waals surface area contributed by atoms with Crippen molar-refractivity contribution >= 4 is 0 Å². The summed E-state index contributed by atoms with van der Waals surface area (Å²) in [5, 5.41) is 12.5. The highest BCUT2D eigenvalue weighted by atomic mass is 16.5. The van der Waals surface area contributed by atoms with E-state index in [9.17, 15) is 0 Å². The molecule has 1 N–H and O–H groups in total. The van der Waals surface area contributed by atoms with Gasteiger partial charge in [-0.15, -0.1) is 0 Å². The van der Waals surface area contributed by atoms with Crippen LogP contribution in [0.25, 0.3) is 0 Å². The van der Waals surface area contributed by atoms with Gasteiger partial charge in [-0.25, -0.2) is 0 Å². The van der Waals surface area contributed by atoms with E-state index < -0.39 is 0 Å². The van der Waals surface area contributed by atoms with Gasteiger partial charge in [-0.05, 0) is 19.3 Å². The third kappa shape index (κ3) is 2.33. The summed E-state index contributed by atoms with van der Waals surface area (Å²) in [6.45, 7) is 0.792. The second-order valence-electron chi connectivity index (χ2n) is 3.64. The minimum absolute atomic E-state index is 0.0605. The summed E-state index contributed by atoms with van der Waals surface area (Å²) in [6.07, 6.45) is 4.52. The number of aromatic nitrogens is 1. The van der Waals surface area contributed by atoms with E-state index in [0.29, 0.717) is 5.69 Å². The molecule has 1 fully saturated rings. The van der Waals surface area contributed by atoms with E-state index in [1.807, 2.05) is 0 Å². The Morgan fingerprint density at radius 2 is 2.43 bits per heavy atom. The molecule has 1 aliphatic heterocycles. The van der Waals surface area contributed by atoms with Crippen LogP contribution in [0.1, 0.15) is 30.7 Å². The van der Waals surface area contributed by atoms with Crippen molar-refractivity contribution in [3.63, 3.8) is 0 Å². The molecule has 1 saturated heterocycles. The van der Waals surface area contributed by atoms with Gasteiger partial charge in [0.15, 0.2) is 0 Å². The van der Waals surface area contributed by atoms with E-state index in [1.165, 1.54) is 6.42 Å². The highest BCUT2D eigenvalue weighted by Gasteiger charge is 2.16. The quantitative estimate of drug-likeness (QED) is 0.793. The van der Waals surface area contributed by atoms with Crippen LogP contribution in [-0.4, -0.2) is 23.0 Å². The van der Waals surface area contributed by atoms with Gasteiger partial charge in [-0.2, -0.15) is 0 Å². The number of hydrogen-bond donors (Lipinski definition) is 1. The molecule has 1 aromatic rings. The maximum Gasteiger partial charge on any atom is 0.139 e. The lowest BCUT2D eigenvalue weighted by Crippen LogP contribution is -2.21. The molecule has 0 amide bonds. The first-order valence-electron chi connectivity index (χ1n) is 5.05. The molecule has 2 rings (SSSR count). The smallest absolute Gasteiger partial charge is 0.139 e.